The molecule has 0 spiro atoms. The maximum absolute atomic E-state index is 11.2. The van der Waals surface area contributed by atoms with Crippen molar-refractivity contribution in [3.05, 3.63) is 17.8 Å². The molecule has 0 bridgehead atoms. The average Bonchev–Trinajstić information content (AvgIpc) is 2.46. The van der Waals surface area contributed by atoms with Crippen LogP contribution >= 0.6 is 0 Å². The van der Waals surface area contributed by atoms with E-state index in [2.05, 4.69) is 4.98 Å². The third kappa shape index (κ3) is 3.37. The molecule has 7 nitrogen and oxygen atoms in total. The summed E-state index contributed by atoms with van der Waals surface area (Å²) in [7, 11) is 0. The van der Waals surface area contributed by atoms with Crippen molar-refractivity contribution in [3.8, 4) is 0 Å². The molecular formula is C13H20N4O3. The van der Waals surface area contributed by atoms with E-state index in [1.54, 1.807) is 6.07 Å². The molecule has 1 aliphatic heterocycles. The molecule has 2 heterocycles. The Labute approximate surface area is 117 Å². The number of aromatic nitrogens is 1. The van der Waals surface area contributed by atoms with Crippen LogP contribution in [-0.2, 0) is 4.74 Å². The second-order valence-corrected chi connectivity index (χ2v) is 4.75. The zero-order valence-electron chi connectivity index (χ0n) is 11.3. The third-order valence-electron chi connectivity index (χ3n) is 3.34. The highest BCUT2D eigenvalue weighted by Gasteiger charge is 2.22. The number of rotatable bonds is 5. The van der Waals surface area contributed by atoms with Crippen LogP contribution in [0.2, 0.25) is 0 Å². The minimum absolute atomic E-state index is 0.0371. The van der Waals surface area contributed by atoms with Gasteiger partial charge in [-0.25, -0.2) is 4.98 Å². The molecule has 0 saturated carbocycles. The Bertz CT molecular complexity index is 473. The summed E-state index contributed by atoms with van der Waals surface area (Å²) < 4.78 is 5.51. The quantitative estimate of drug-likeness (QED) is 0.684. The standard InChI is InChI=1S/C13H20N4O3/c14-10-1-2-11(12(15)19)16-13(10)17-5-3-9(4-6-17)20-8-7-18/h1-2,9,18H,3-8,14H2,(H2,15,19). The van der Waals surface area contributed by atoms with Gasteiger partial charge in [-0.3, -0.25) is 4.79 Å². The number of amides is 1. The van der Waals surface area contributed by atoms with Crippen molar-refractivity contribution in [2.24, 2.45) is 5.73 Å². The summed E-state index contributed by atoms with van der Waals surface area (Å²) in [5.41, 5.74) is 11.9. The van der Waals surface area contributed by atoms with Crippen molar-refractivity contribution in [1.82, 2.24) is 4.98 Å². The molecular weight excluding hydrogens is 260 g/mol. The highest BCUT2D eigenvalue weighted by Crippen LogP contribution is 2.25. The number of nitrogen functional groups attached to an aromatic ring is 1. The Balaban J connectivity index is 2.03. The Morgan fingerprint density at radius 2 is 2.15 bits per heavy atom. The van der Waals surface area contributed by atoms with Crippen LogP contribution in [0.4, 0.5) is 11.5 Å². The highest BCUT2D eigenvalue weighted by molar-refractivity contribution is 5.91. The first-order valence-corrected chi connectivity index (χ1v) is 6.65. The number of primary amides is 1. The number of piperidine rings is 1. The number of nitrogens with zero attached hydrogens (tertiary/aromatic N) is 2. The Morgan fingerprint density at radius 3 is 2.75 bits per heavy atom. The number of pyridine rings is 1. The third-order valence-corrected chi connectivity index (χ3v) is 3.34. The summed E-state index contributed by atoms with van der Waals surface area (Å²) in [6.07, 6.45) is 1.82. The van der Waals surface area contributed by atoms with E-state index in [1.165, 1.54) is 6.07 Å². The number of carbonyl (C=O) groups is 1. The molecule has 0 radical (unpaired) electrons. The topological polar surface area (TPSA) is 115 Å². The van der Waals surface area contributed by atoms with E-state index >= 15 is 0 Å². The van der Waals surface area contributed by atoms with Gasteiger partial charge in [0.15, 0.2) is 5.82 Å². The molecule has 0 aromatic carbocycles. The molecule has 1 fully saturated rings. The average molecular weight is 280 g/mol. The zero-order chi connectivity index (χ0) is 14.5. The van der Waals surface area contributed by atoms with E-state index in [9.17, 15) is 4.79 Å². The SMILES string of the molecule is NC(=O)c1ccc(N)c(N2CCC(OCCO)CC2)n1. The van der Waals surface area contributed by atoms with E-state index in [4.69, 9.17) is 21.3 Å². The molecule has 7 heteroatoms. The van der Waals surface area contributed by atoms with Gasteiger partial charge in [0.05, 0.1) is 25.0 Å². The molecule has 0 atom stereocenters. The summed E-state index contributed by atoms with van der Waals surface area (Å²) in [5.74, 6) is 0.0364. The molecule has 110 valence electrons. The number of hydrogen-bond acceptors (Lipinski definition) is 6. The minimum atomic E-state index is -0.563. The second kappa shape index (κ2) is 6.53. The smallest absolute Gasteiger partial charge is 0.267 e. The lowest BCUT2D eigenvalue weighted by molar-refractivity contribution is 0.0158. The van der Waals surface area contributed by atoms with Gasteiger partial charge in [0.25, 0.3) is 5.91 Å². The molecule has 2 rings (SSSR count). The lowest BCUT2D eigenvalue weighted by Gasteiger charge is -2.33. The monoisotopic (exact) mass is 280 g/mol. The van der Waals surface area contributed by atoms with Crippen LogP contribution in [0, 0.1) is 0 Å². The van der Waals surface area contributed by atoms with E-state index in [0.717, 1.165) is 25.9 Å². The van der Waals surface area contributed by atoms with Gasteiger partial charge in [-0.2, -0.15) is 0 Å². The van der Waals surface area contributed by atoms with Crippen LogP contribution in [-0.4, -0.2) is 48.4 Å². The first-order chi connectivity index (χ1) is 9.61. The van der Waals surface area contributed by atoms with Gasteiger partial charge in [0.1, 0.15) is 5.69 Å². The predicted molar refractivity (Wildman–Crippen MR) is 75.4 cm³/mol. The number of aliphatic hydroxyl groups excluding tert-OH is 1. The van der Waals surface area contributed by atoms with Crippen molar-refractivity contribution in [3.63, 3.8) is 0 Å². The van der Waals surface area contributed by atoms with Crippen molar-refractivity contribution in [1.29, 1.82) is 0 Å². The van der Waals surface area contributed by atoms with Crippen LogP contribution in [0.1, 0.15) is 23.3 Å². The van der Waals surface area contributed by atoms with E-state index in [0.29, 0.717) is 18.1 Å². The fraction of sp³-hybridized carbons (Fsp3) is 0.538. The Hall–Kier alpha value is -1.86. The lowest BCUT2D eigenvalue weighted by atomic mass is 10.1. The van der Waals surface area contributed by atoms with E-state index in [-0.39, 0.29) is 18.4 Å². The Kier molecular flexibility index (Phi) is 4.75. The van der Waals surface area contributed by atoms with E-state index < -0.39 is 5.91 Å². The van der Waals surface area contributed by atoms with Gasteiger partial charge < -0.3 is 26.2 Å². The van der Waals surface area contributed by atoms with Gasteiger partial charge >= 0.3 is 0 Å². The van der Waals surface area contributed by atoms with E-state index in [1.807, 2.05) is 4.90 Å². The number of nitrogens with two attached hydrogens (primary N) is 2. The van der Waals surface area contributed by atoms with Crippen molar-refractivity contribution < 1.29 is 14.6 Å². The first kappa shape index (κ1) is 14.5. The normalized spacial score (nSPS) is 16.4. The minimum Gasteiger partial charge on any atom is -0.396 e. The van der Waals surface area contributed by atoms with Gasteiger partial charge in [-0.1, -0.05) is 0 Å². The van der Waals surface area contributed by atoms with Crippen LogP contribution in [0.5, 0.6) is 0 Å². The molecule has 0 unspecified atom stereocenters. The number of hydrogen-bond donors (Lipinski definition) is 3. The lowest BCUT2D eigenvalue weighted by Crippen LogP contribution is -2.38. The number of aliphatic hydroxyl groups is 1. The highest BCUT2D eigenvalue weighted by atomic mass is 16.5. The van der Waals surface area contributed by atoms with Gasteiger partial charge in [-0.05, 0) is 25.0 Å². The molecule has 1 saturated heterocycles. The summed E-state index contributed by atoms with van der Waals surface area (Å²) in [5, 5.41) is 8.74. The largest absolute Gasteiger partial charge is 0.396 e. The van der Waals surface area contributed by atoms with Gasteiger partial charge in [0, 0.05) is 13.1 Å². The van der Waals surface area contributed by atoms with Crippen molar-refractivity contribution >= 4 is 17.4 Å². The predicted octanol–water partition coefficient (Wildman–Crippen LogP) is -0.260. The molecule has 1 amide bonds. The maximum atomic E-state index is 11.2. The van der Waals surface area contributed by atoms with Gasteiger partial charge in [-0.15, -0.1) is 0 Å². The fourth-order valence-corrected chi connectivity index (χ4v) is 2.30. The van der Waals surface area contributed by atoms with Gasteiger partial charge in [0.2, 0.25) is 0 Å². The summed E-state index contributed by atoms with van der Waals surface area (Å²) >= 11 is 0. The molecule has 0 aliphatic carbocycles. The fourth-order valence-electron chi connectivity index (χ4n) is 2.30. The number of ether oxygens (including phenoxy) is 1. The zero-order valence-corrected chi connectivity index (χ0v) is 11.3. The molecule has 1 aromatic heterocycles. The molecule has 1 aromatic rings. The molecule has 20 heavy (non-hydrogen) atoms. The number of anilines is 2. The van der Waals surface area contributed by atoms with Crippen LogP contribution in [0.3, 0.4) is 0 Å². The number of carbonyl (C=O) groups excluding carboxylic acids is 1. The summed E-state index contributed by atoms with van der Waals surface area (Å²) in [6, 6.07) is 3.18. The van der Waals surface area contributed by atoms with Crippen LogP contribution in [0.15, 0.2) is 12.1 Å². The molecule has 5 N–H and O–H groups in total. The molecule has 1 aliphatic rings. The summed E-state index contributed by atoms with van der Waals surface area (Å²) in [6.45, 7) is 1.89. The van der Waals surface area contributed by atoms with Crippen LogP contribution in [0.25, 0.3) is 0 Å². The van der Waals surface area contributed by atoms with Crippen molar-refractivity contribution in [2.75, 3.05) is 36.9 Å². The Morgan fingerprint density at radius 1 is 1.45 bits per heavy atom. The van der Waals surface area contributed by atoms with Crippen LogP contribution < -0.4 is 16.4 Å². The maximum Gasteiger partial charge on any atom is 0.267 e. The first-order valence-electron chi connectivity index (χ1n) is 6.65. The second-order valence-electron chi connectivity index (χ2n) is 4.75. The van der Waals surface area contributed by atoms with Crippen molar-refractivity contribution in [2.45, 2.75) is 18.9 Å². The summed E-state index contributed by atoms with van der Waals surface area (Å²) in [4.78, 5) is 17.4.